The molecule has 2 aliphatic rings. The van der Waals surface area contributed by atoms with Crippen LogP contribution in [0.5, 0.6) is 0 Å². The number of β-amino-alcohol motifs (C(OH)–C–C–N with tert-alkyl or cyclic N) is 1. The molecule has 0 spiro atoms. The summed E-state index contributed by atoms with van der Waals surface area (Å²) in [6.45, 7) is 1.39. The lowest BCUT2D eigenvalue weighted by atomic mass is 9.78. The van der Waals surface area contributed by atoms with Crippen molar-refractivity contribution in [1.82, 2.24) is 20.4 Å². The van der Waals surface area contributed by atoms with Gasteiger partial charge >= 0.3 is 0 Å². The van der Waals surface area contributed by atoms with E-state index in [1.165, 1.54) is 0 Å². The Balaban J connectivity index is 1.34. The van der Waals surface area contributed by atoms with Crippen molar-refractivity contribution in [2.75, 3.05) is 18.0 Å². The lowest BCUT2D eigenvalue weighted by molar-refractivity contribution is 0.0870. The van der Waals surface area contributed by atoms with E-state index in [0.717, 1.165) is 43.4 Å². The highest BCUT2D eigenvalue weighted by atomic mass is 16.5. The molecule has 0 radical (unpaired) electrons. The molecule has 0 bridgehead atoms. The molecule has 1 atom stereocenters. The molecule has 3 heterocycles. The first kappa shape index (κ1) is 15.8. The van der Waals surface area contributed by atoms with E-state index in [9.17, 15) is 14.7 Å². The molecule has 1 saturated carbocycles. The van der Waals surface area contributed by atoms with Gasteiger partial charge in [0.05, 0.1) is 12.2 Å². The lowest BCUT2D eigenvalue weighted by Crippen LogP contribution is -2.43. The van der Waals surface area contributed by atoms with Crippen molar-refractivity contribution < 1.29 is 14.4 Å². The molecule has 0 unspecified atom stereocenters. The van der Waals surface area contributed by atoms with Gasteiger partial charge in [-0.3, -0.25) is 9.59 Å². The summed E-state index contributed by atoms with van der Waals surface area (Å²) >= 11 is 0. The maximum Gasteiger partial charge on any atom is 0.290 e. The molecule has 132 valence electrons. The number of rotatable bonds is 4. The Bertz CT molecular complexity index is 826. The normalized spacial score (nSPS) is 25.6. The molecule has 9 heteroatoms. The molecule has 2 aromatic rings. The molecule has 1 saturated heterocycles. The van der Waals surface area contributed by atoms with Crippen LogP contribution in [-0.2, 0) is 0 Å². The topological polar surface area (TPSA) is 124 Å². The fraction of sp³-hybridized carbons (Fsp3) is 0.500. The average molecular weight is 345 g/mol. The first-order valence-electron chi connectivity index (χ1n) is 8.33. The van der Waals surface area contributed by atoms with E-state index in [0.29, 0.717) is 6.54 Å². The van der Waals surface area contributed by atoms with E-state index >= 15 is 0 Å². The highest BCUT2D eigenvalue weighted by Crippen LogP contribution is 2.36. The Hall–Kier alpha value is -2.68. The second-order valence-corrected chi connectivity index (χ2v) is 6.61. The Morgan fingerprint density at radius 3 is 2.88 bits per heavy atom. The largest absolute Gasteiger partial charge is 0.391 e. The van der Waals surface area contributed by atoms with Gasteiger partial charge in [0.2, 0.25) is 5.76 Å². The summed E-state index contributed by atoms with van der Waals surface area (Å²) in [7, 11) is 0. The molecule has 25 heavy (non-hydrogen) atoms. The summed E-state index contributed by atoms with van der Waals surface area (Å²) in [5, 5.41) is 14.6. The quantitative estimate of drug-likeness (QED) is 0.712. The van der Waals surface area contributed by atoms with Gasteiger partial charge in [0.15, 0.2) is 0 Å². The van der Waals surface area contributed by atoms with Crippen molar-refractivity contribution in [3.63, 3.8) is 0 Å². The van der Waals surface area contributed by atoms with E-state index in [2.05, 4.69) is 25.3 Å². The minimum absolute atomic E-state index is 0.00892. The summed E-state index contributed by atoms with van der Waals surface area (Å²) in [5.41, 5.74) is 0.516. The predicted molar refractivity (Wildman–Crippen MR) is 87.4 cm³/mol. The number of aliphatic hydroxyl groups is 1. The molecule has 3 N–H and O–H groups in total. The molecule has 1 aliphatic carbocycles. The molecular weight excluding hydrogens is 326 g/mol. The summed E-state index contributed by atoms with van der Waals surface area (Å²) < 4.78 is 4.79. The SMILES string of the molecule is O=C(NC1CC(c2cc(N3CC[C@H](O)C3)ncn2)C1)c1cc(=O)[nH]o1. The third-order valence-electron chi connectivity index (χ3n) is 4.80. The second kappa shape index (κ2) is 6.32. The fourth-order valence-corrected chi connectivity index (χ4v) is 3.34. The number of hydrogen-bond acceptors (Lipinski definition) is 7. The molecule has 1 amide bonds. The van der Waals surface area contributed by atoms with Crippen LogP contribution in [0, 0.1) is 0 Å². The van der Waals surface area contributed by atoms with Crippen LogP contribution in [0.15, 0.2) is 27.8 Å². The van der Waals surface area contributed by atoms with Gasteiger partial charge in [0.1, 0.15) is 12.1 Å². The van der Waals surface area contributed by atoms with Gasteiger partial charge in [-0.2, -0.15) is 5.16 Å². The zero-order chi connectivity index (χ0) is 17.4. The zero-order valence-electron chi connectivity index (χ0n) is 13.5. The van der Waals surface area contributed by atoms with E-state index in [1.54, 1.807) is 6.33 Å². The minimum atomic E-state index is -0.433. The van der Waals surface area contributed by atoms with Crippen LogP contribution in [0.3, 0.4) is 0 Å². The lowest BCUT2D eigenvalue weighted by Gasteiger charge is -2.35. The number of carbonyl (C=O) groups excluding carboxylic acids is 1. The Labute approximate surface area is 143 Å². The first-order valence-corrected chi connectivity index (χ1v) is 8.33. The number of anilines is 1. The van der Waals surface area contributed by atoms with Crippen LogP contribution >= 0.6 is 0 Å². The van der Waals surface area contributed by atoms with Gasteiger partial charge in [-0.15, -0.1) is 0 Å². The molecule has 2 aromatic heterocycles. The van der Waals surface area contributed by atoms with Crippen LogP contribution < -0.4 is 15.8 Å². The van der Waals surface area contributed by atoms with E-state index in [4.69, 9.17) is 4.52 Å². The third kappa shape index (κ3) is 3.27. The number of nitrogens with zero attached hydrogens (tertiary/aromatic N) is 3. The van der Waals surface area contributed by atoms with Gasteiger partial charge in [-0.05, 0) is 19.3 Å². The van der Waals surface area contributed by atoms with Crippen LogP contribution in [0.4, 0.5) is 5.82 Å². The third-order valence-corrected chi connectivity index (χ3v) is 4.80. The summed E-state index contributed by atoms with van der Waals surface area (Å²) in [4.78, 5) is 33.6. The number of H-pyrrole nitrogens is 1. The number of carbonyl (C=O) groups is 1. The average Bonchev–Trinajstić information content (AvgIpc) is 3.19. The van der Waals surface area contributed by atoms with Gasteiger partial charge in [0, 0.05) is 36.8 Å². The molecular formula is C16H19N5O4. The number of aromatic nitrogens is 3. The van der Waals surface area contributed by atoms with Crippen LogP contribution in [0.1, 0.15) is 41.4 Å². The number of amides is 1. The molecule has 4 rings (SSSR count). The van der Waals surface area contributed by atoms with E-state index in [-0.39, 0.29) is 23.8 Å². The van der Waals surface area contributed by atoms with Crippen LogP contribution in [-0.4, -0.2) is 51.4 Å². The van der Waals surface area contributed by atoms with E-state index < -0.39 is 11.5 Å². The first-order chi connectivity index (χ1) is 12.1. The van der Waals surface area contributed by atoms with Crippen molar-refractivity contribution >= 4 is 11.7 Å². The summed E-state index contributed by atoms with van der Waals surface area (Å²) in [6, 6.07) is 3.13. The minimum Gasteiger partial charge on any atom is -0.391 e. The van der Waals surface area contributed by atoms with Gasteiger partial charge in [0.25, 0.3) is 11.5 Å². The molecule has 9 nitrogen and oxygen atoms in total. The number of aromatic amines is 1. The number of hydrogen-bond donors (Lipinski definition) is 3. The highest BCUT2D eigenvalue weighted by Gasteiger charge is 2.34. The summed E-state index contributed by atoms with van der Waals surface area (Å²) in [6.07, 6.45) is 3.57. The monoisotopic (exact) mass is 345 g/mol. The van der Waals surface area contributed by atoms with Crippen molar-refractivity contribution in [1.29, 1.82) is 0 Å². The molecule has 1 aliphatic heterocycles. The van der Waals surface area contributed by atoms with Gasteiger partial charge in [-0.1, -0.05) is 0 Å². The Morgan fingerprint density at radius 2 is 2.20 bits per heavy atom. The van der Waals surface area contributed by atoms with E-state index in [1.807, 2.05) is 6.07 Å². The fourth-order valence-electron chi connectivity index (χ4n) is 3.34. The maximum atomic E-state index is 11.9. The zero-order valence-corrected chi connectivity index (χ0v) is 13.5. The Morgan fingerprint density at radius 1 is 1.36 bits per heavy atom. The maximum absolute atomic E-state index is 11.9. The number of nitrogens with one attached hydrogen (secondary N) is 2. The van der Waals surface area contributed by atoms with Crippen molar-refractivity contribution in [3.8, 4) is 0 Å². The van der Waals surface area contributed by atoms with Crippen molar-refractivity contribution in [2.24, 2.45) is 0 Å². The van der Waals surface area contributed by atoms with Crippen molar-refractivity contribution in [2.45, 2.75) is 37.3 Å². The number of aliphatic hydroxyl groups excluding tert-OH is 1. The molecule has 2 fully saturated rings. The molecule has 0 aromatic carbocycles. The second-order valence-electron chi connectivity index (χ2n) is 6.61. The van der Waals surface area contributed by atoms with Gasteiger partial charge in [-0.25, -0.2) is 9.97 Å². The Kier molecular flexibility index (Phi) is 4.00. The van der Waals surface area contributed by atoms with Crippen molar-refractivity contribution in [3.05, 3.63) is 40.3 Å². The van der Waals surface area contributed by atoms with Gasteiger partial charge < -0.3 is 19.8 Å². The highest BCUT2D eigenvalue weighted by molar-refractivity contribution is 5.91. The smallest absolute Gasteiger partial charge is 0.290 e. The predicted octanol–water partition coefficient (Wildman–Crippen LogP) is 0.00490. The van der Waals surface area contributed by atoms with Crippen LogP contribution in [0.25, 0.3) is 0 Å². The standard InChI is InChI=1S/C16H19N5O4/c22-11-1-2-21(7-11)14-5-12(17-8-18-14)9-3-10(4-9)19-16(24)13-6-15(23)20-25-13/h5-6,8-11,22H,1-4,7H2,(H,19,24)(H,20,23)/t9?,10?,11-/m0/s1. The summed E-state index contributed by atoms with van der Waals surface area (Å²) in [5.74, 6) is 0.697. The van der Waals surface area contributed by atoms with Crippen LogP contribution in [0.2, 0.25) is 0 Å².